The van der Waals surface area contributed by atoms with Crippen LogP contribution in [0, 0.1) is 0 Å². The molecule has 0 aliphatic carbocycles. The second kappa shape index (κ2) is 3.42. The van der Waals surface area contributed by atoms with E-state index in [1.807, 2.05) is 0 Å². The zero-order valence-electron chi connectivity index (χ0n) is 6.94. The summed E-state index contributed by atoms with van der Waals surface area (Å²) in [6.45, 7) is 0. The Morgan fingerprint density at radius 3 is 2.14 bits per heavy atom. The molecule has 0 bridgehead atoms. The van der Waals surface area contributed by atoms with Gasteiger partial charge in [-0.05, 0) is 0 Å². The number of hydrogen-bond donors (Lipinski definition) is 6. The Hall–Kier alpha value is -0.770. The maximum absolute atomic E-state index is 10.6. The van der Waals surface area contributed by atoms with Crippen molar-refractivity contribution in [2.45, 2.75) is 30.3 Å². The van der Waals surface area contributed by atoms with Gasteiger partial charge in [0.15, 0.2) is 6.29 Å². The second-order valence-electron chi connectivity index (χ2n) is 3.03. The average Bonchev–Trinajstić information content (AvgIpc) is 2.11. The molecule has 82 valence electrons. The lowest BCUT2D eigenvalue weighted by atomic mass is 9.94. The molecule has 8 heteroatoms. The van der Waals surface area contributed by atoms with Crippen molar-refractivity contribution in [3.63, 3.8) is 0 Å². The third-order valence-electron chi connectivity index (χ3n) is 2.05. The molecule has 1 fully saturated rings. The maximum Gasteiger partial charge on any atom is 0.354 e. The first-order valence-corrected chi connectivity index (χ1v) is 3.73. The van der Waals surface area contributed by atoms with Crippen molar-refractivity contribution < 1.29 is 35.1 Å². The Kier molecular flexibility index (Phi) is 2.76. The van der Waals surface area contributed by atoms with Crippen LogP contribution in [0.25, 0.3) is 0 Å². The molecule has 1 aliphatic heterocycles. The molecule has 0 aromatic rings. The predicted octanol–water partition coefficient (Wildman–Crippen LogP) is -3.84. The number of carboxylic acids is 1. The molecule has 0 saturated carbocycles. The van der Waals surface area contributed by atoms with Crippen LogP contribution in [0.1, 0.15) is 0 Å². The fourth-order valence-electron chi connectivity index (χ4n) is 1.13. The highest BCUT2D eigenvalue weighted by atomic mass is 16.7. The first kappa shape index (κ1) is 11.3. The standard InChI is InChI=1S/C6H11NO7/c7-6(5(12)13)3(10)1(8)2(9)4(11)14-6/h1-4,8-11H,7H2,(H,12,13). The Morgan fingerprint density at radius 1 is 1.21 bits per heavy atom. The van der Waals surface area contributed by atoms with E-state index in [2.05, 4.69) is 4.74 Å². The summed E-state index contributed by atoms with van der Waals surface area (Å²) in [5.74, 6) is -1.75. The first-order chi connectivity index (χ1) is 6.30. The van der Waals surface area contributed by atoms with Crippen LogP contribution in [0.5, 0.6) is 0 Å². The van der Waals surface area contributed by atoms with Crippen LogP contribution in [0.15, 0.2) is 0 Å². The molecule has 0 aromatic heterocycles. The third-order valence-corrected chi connectivity index (χ3v) is 2.05. The lowest BCUT2D eigenvalue weighted by Crippen LogP contribution is -2.71. The summed E-state index contributed by atoms with van der Waals surface area (Å²) in [6, 6.07) is 0. The van der Waals surface area contributed by atoms with Crippen molar-refractivity contribution in [2.75, 3.05) is 0 Å². The van der Waals surface area contributed by atoms with E-state index in [0.29, 0.717) is 0 Å². The molecule has 1 rings (SSSR count). The number of carboxylic acid groups (broad SMARTS) is 1. The minimum absolute atomic E-state index is 1.75. The molecular formula is C6H11NO7. The number of aliphatic carboxylic acids is 1. The van der Waals surface area contributed by atoms with Gasteiger partial charge in [-0.15, -0.1) is 0 Å². The monoisotopic (exact) mass is 209 g/mol. The zero-order valence-corrected chi connectivity index (χ0v) is 6.94. The molecule has 5 atom stereocenters. The van der Waals surface area contributed by atoms with Crippen molar-refractivity contribution in [3.8, 4) is 0 Å². The van der Waals surface area contributed by atoms with Crippen LogP contribution >= 0.6 is 0 Å². The molecule has 7 N–H and O–H groups in total. The molecule has 8 nitrogen and oxygen atoms in total. The summed E-state index contributed by atoms with van der Waals surface area (Å²) in [6.07, 6.45) is -7.69. The van der Waals surface area contributed by atoms with Gasteiger partial charge >= 0.3 is 5.97 Å². The molecule has 1 aliphatic rings. The Labute approximate surface area is 78.1 Å². The van der Waals surface area contributed by atoms with E-state index in [1.54, 1.807) is 0 Å². The zero-order chi connectivity index (χ0) is 11.1. The number of hydrogen-bond acceptors (Lipinski definition) is 7. The molecule has 0 spiro atoms. The van der Waals surface area contributed by atoms with Crippen LogP contribution < -0.4 is 5.73 Å². The fraction of sp³-hybridized carbons (Fsp3) is 0.833. The van der Waals surface area contributed by atoms with Crippen LogP contribution in [-0.2, 0) is 9.53 Å². The van der Waals surface area contributed by atoms with Gasteiger partial charge in [0.05, 0.1) is 0 Å². The van der Waals surface area contributed by atoms with Crippen LogP contribution in [0.3, 0.4) is 0 Å². The molecule has 0 aromatic carbocycles. The summed E-state index contributed by atoms with van der Waals surface area (Å²) in [5.41, 5.74) is 2.46. The lowest BCUT2D eigenvalue weighted by Gasteiger charge is -2.42. The lowest BCUT2D eigenvalue weighted by molar-refractivity contribution is -0.313. The van der Waals surface area contributed by atoms with Crippen molar-refractivity contribution in [1.29, 1.82) is 0 Å². The second-order valence-corrected chi connectivity index (χ2v) is 3.03. The largest absolute Gasteiger partial charge is 0.478 e. The molecule has 14 heavy (non-hydrogen) atoms. The average molecular weight is 209 g/mol. The maximum atomic E-state index is 10.6. The fourth-order valence-corrected chi connectivity index (χ4v) is 1.13. The topological polar surface area (TPSA) is 153 Å². The van der Waals surface area contributed by atoms with E-state index >= 15 is 0 Å². The molecule has 5 unspecified atom stereocenters. The molecular weight excluding hydrogens is 198 g/mol. The Bertz CT molecular complexity index is 246. The number of carbonyl (C=O) groups is 1. The van der Waals surface area contributed by atoms with Gasteiger partial charge in [-0.2, -0.15) is 0 Å². The normalized spacial score (nSPS) is 48.9. The third kappa shape index (κ3) is 1.47. The predicted molar refractivity (Wildman–Crippen MR) is 39.7 cm³/mol. The van der Waals surface area contributed by atoms with Gasteiger partial charge in [0.2, 0.25) is 5.72 Å². The molecule has 1 heterocycles. The van der Waals surface area contributed by atoms with Gasteiger partial charge in [-0.3, -0.25) is 5.73 Å². The molecule has 0 radical (unpaired) electrons. The van der Waals surface area contributed by atoms with Crippen LogP contribution in [-0.4, -0.2) is 61.8 Å². The summed E-state index contributed by atoms with van der Waals surface area (Å²) >= 11 is 0. The quantitative estimate of drug-likeness (QED) is 0.256. The van der Waals surface area contributed by atoms with E-state index in [9.17, 15) is 9.90 Å². The van der Waals surface area contributed by atoms with Crippen LogP contribution in [0.4, 0.5) is 0 Å². The SMILES string of the molecule is NC1(C(=O)O)OC(O)C(O)C(O)C1O. The molecule has 0 amide bonds. The van der Waals surface area contributed by atoms with Gasteiger partial charge in [0, 0.05) is 0 Å². The van der Waals surface area contributed by atoms with E-state index < -0.39 is 36.3 Å². The van der Waals surface area contributed by atoms with Crippen molar-refractivity contribution in [1.82, 2.24) is 0 Å². The first-order valence-electron chi connectivity index (χ1n) is 3.73. The van der Waals surface area contributed by atoms with Gasteiger partial charge in [0.1, 0.15) is 18.3 Å². The summed E-state index contributed by atoms with van der Waals surface area (Å²) in [7, 11) is 0. The smallest absolute Gasteiger partial charge is 0.354 e. The minimum atomic E-state index is -2.63. The molecule has 1 saturated heterocycles. The number of ether oxygens (including phenoxy) is 1. The number of nitrogens with two attached hydrogens (primary N) is 1. The van der Waals surface area contributed by atoms with Gasteiger partial charge in [-0.1, -0.05) is 0 Å². The van der Waals surface area contributed by atoms with Gasteiger partial charge in [-0.25, -0.2) is 4.79 Å². The van der Waals surface area contributed by atoms with Crippen LogP contribution in [0.2, 0.25) is 0 Å². The number of aliphatic hydroxyl groups excluding tert-OH is 4. The number of rotatable bonds is 1. The Balaban J connectivity index is 2.96. The van der Waals surface area contributed by atoms with Crippen molar-refractivity contribution in [2.24, 2.45) is 5.73 Å². The number of aliphatic hydroxyl groups is 4. The summed E-state index contributed by atoms with van der Waals surface area (Å²) < 4.78 is 4.30. The van der Waals surface area contributed by atoms with Gasteiger partial charge in [0.25, 0.3) is 0 Å². The highest BCUT2D eigenvalue weighted by Gasteiger charge is 2.55. The summed E-state index contributed by atoms with van der Waals surface area (Å²) in [5, 5.41) is 44.9. The Morgan fingerprint density at radius 2 is 1.71 bits per heavy atom. The van der Waals surface area contributed by atoms with Crippen molar-refractivity contribution in [3.05, 3.63) is 0 Å². The highest BCUT2D eigenvalue weighted by Crippen LogP contribution is 2.25. The van der Waals surface area contributed by atoms with E-state index in [-0.39, 0.29) is 0 Å². The highest BCUT2D eigenvalue weighted by molar-refractivity contribution is 5.77. The minimum Gasteiger partial charge on any atom is -0.478 e. The van der Waals surface area contributed by atoms with E-state index in [1.165, 1.54) is 0 Å². The van der Waals surface area contributed by atoms with Crippen molar-refractivity contribution >= 4 is 5.97 Å². The van der Waals surface area contributed by atoms with E-state index in [0.717, 1.165) is 0 Å². The van der Waals surface area contributed by atoms with Gasteiger partial charge < -0.3 is 30.3 Å². The van der Waals surface area contributed by atoms with E-state index in [4.69, 9.17) is 26.2 Å². The summed E-state index contributed by atoms with van der Waals surface area (Å²) in [4.78, 5) is 10.6.